The minimum absolute atomic E-state index is 0.00347. The van der Waals surface area contributed by atoms with Gasteiger partial charge in [-0.1, -0.05) is 29.8 Å². The Balaban J connectivity index is 1.73. The molecule has 0 atom stereocenters. The Kier molecular flexibility index (Phi) is 6.86. The SMILES string of the molecule is CC(C)(COC(=O)Nc1ccc(Cl)cc1)NC(=O)COc1ccccc1. The molecular formula is C19H21ClN2O4. The van der Waals surface area contributed by atoms with Crippen molar-refractivity contribution in [1.82, 2.24) is 5.32 Å². The zero-order valence-electron chi connectivity index (χ0n) is 14.6. The molecule has 0 fully saturated rings. The smallest absolute Gasteiger partial charge is 0.411 e. The first-order valence-corrected chi connectivity index (χ1v) is 8.40. The summed E-state index contributed by atoms with van der Waals surface area (Å²) in [6, 6.07) is 15.7. The molecule has 2 amide bonds. The van der Waals surface area contributed by atoms with Crippen LogP contribution in [0, 0.1) is 0 Å². The zero-order chi connectivity index (χ0) is 19.0. The lowest BCUT2D eigenvalue weighted by molar-refractivity contribution is -0.125. The summed E-state index contributed by atoms with van der Waals surface area (Å²) in [6.07, 6.45) is -0.616. The molecule has 7 heteroatoms. The van der Waals surface area contributed by atoms with Crippen LogP contribution in [0.3, 0.4) is 0 Å². The van der Waals surface area contributed by atoms with E-state index in [4.69, 9.17) is 21.1 Å². The zero-order valence-corrected chi connectivity index (χ0v) is 15.4. The Morgan fingerprint density at radius 3 is 2.35 bits per heavy atom. The van der Waals surface area contributed by atoms with Gasteiger partial charge in [0.25, 0.3) is 5.91 Å². The maximum Gasteiger partial charge on any atom is 0.411 e. The first-order valence-electron chi connectivity index (χ1n) is 8.02. The van der Waals surface area contributed by atoms with Crippen LogP contribution in [0.4, 0.5) is 10.5 Å². The summed E-state index contributed by atoms with van der Waals surface area (Å²) >= 11 is 5.79. The van der Waals surface area contributed by atoms with E-state index in [1.165, 1.54) is 0 Å². The molecule has 2 aromatic carbocycles. The van der Waals surface area contributed by atoms with Gasteiger partial charge in [0.2, 0.25) is 0 Å². The second kappa shape index (κ2) is 9.10. The number of para-hydroxylation sites is 1. The standard InChI is InChI=1S/C19H21ClN2O4/c1-19(2,22-17(23)12-25-16-6-4-3-5-7-16)13-26-18(24)21-15-10-8-14(20)9-11-15/h3-11H,12-13H2,1-2H3,(H,21,24)(H,22,23). The fourth-order valence-electron chi connectivity index (χ4n) is 2.05. The molecule has 0 radical (unpaired) electrons. The molecule has 0 heterocycles. The van der Waals surface area contributed by atoms with Gasteiger partial charge in [-0.05, 0) is 50.2 Å². The predicted molar refractivity (Wildman–Crippen MR) is 101 cm³/mol. The average Bonchev–Trinajstić information content (AvgIpc) is 2.61. The molecule has 26 heavy (non-hydrogen) atoms. The van der Waals surface area contributed by atoms with Crippen molar-refractivity contribution >= 4 is 29.3 Å². The maximum absolute atomic E-state index is 12.0. The second-order valence-corrected chi connectivity index (χ2v) is 6.68. The van der Waals surface area contributed by atoms with Gasteiger partial charge >= 0.3 is 6.09 Å². The van der Waals surface area contributed by atoms with Crippen molar-refractivity contribution in [2.75, 3.05) is 18.5 Å². The third-order valence-electron chi connectivity index (χ3n) is 3.25. The average molecular weight is 377 g/mol. The van der Waals surface area contributed by atoms with Crippen molar-refractivity contribution in [3.63, 3.8) is 0 Å². The molecule has 2 rings (SSSR count). The van der Waals surface area contributed by atoms with E-state index in [1.54, 1.807) is 50.2 Å². The van der Waals surface area contributed by atoms with Crippen molar-refractivity contribution in [1.29, 1.82) is 0 Å². The summed E-state index contributed by atoms with van der Waals surface area (Å²) in [5, 5.41) is 5.93. The van der Waals surface area contributed by atoms with Gasteiger partial charge in [-0.25, -0.2) is 4.79 Å². The van der Waals surface area contributed by atoms with Crippen LogP contribution in [0.2, 0.25) is 5.02 Å². The first kappa shape index (κ1) is 19.6. The van der Waals surface area contributed by atoms with E-state index in [0.29, 0.717) is 16.5 Å². The predicted octanol–water partition coefficient (Wildman–Crippen LogP) is 3.86. The highest BCUT2D eigenvalue weighted by atomic mass is 35.5. The molecule has 0 bridgehead atoms. The summed E-state index contributed by atoms with van der Waals surface area (Å²) < 4.78 is 10.6. The Morgan fingerprint density at radius 2 is 1.69 bits per heavy atom. The molecule has 0 aliphatic rings. The molecule has 0 aliphatic heterocycles. The quantitative estimate of drug-likeness (QED) is 0.769. The van der Waals surface area contributed by atoms with Crippen molar-refractivity contribution in [3.05, 3.63) is 59.6 Å². The summed E-state index contributed by atoms with van der Waals surface area (Å²) in [4.78, 5) is 23.8. The molecule has 138 valence electrons. The molecule has 2 aromatic rings. The number of carbonyl (C=O) groups excluding carboxylic acids is 2. The summed E-state index contributed by atoms with van der Waals surface area (Å²) in [5.74, 6) is 0.305. The van der Waals surface area contributed by atoms with Gasteiger partial charge in [-0.3, -0.25) is 10.1 Å². The lowest BCUT2D eigenvalue weighted by Crippen LogP contribution is -2.49. The number of rotatable bonds is 7. The van der Waals surface area contributed by atoms with Crippen LogP contribution in [0.25, 0.3) is 0 Å². The third-order valence-corrected chi connectivity index (χ3v) is 3.50. The van der Waals surface area contributed by atoms with Gasteiger partial charge in [-0.2, -0.15) is 0 Å². The molecule has 0 spiro atoms. The molecule has 0 saturated carbocycles. The van der Waals surface area contributed by atoms with Crippen LogP contribution in [0.5, 0.6) is 5.75 Å². The van der Waals surface area contributed by atoms with E-state index >= 15 is 0 Å². The van der Waals surface area contributed by atoms with Crippen LogP contribution < -0.4 is 15.4 Å². The topological polar surface area (TPSA) is 76.7 Å². The van der Waals surface area contributed by atoms with E-state index in [2.05, 4.69) is 10.6 Å². The Hall–Kier alpha value is -2.73. The molecule has 0 aliphatic carbocycles. The van der Waals surface area contributed by atoms with Crippen LogP contribution in [0.15, 0.2) is 54.6 Å². The van der Waals surface area contributed by atoms with E-state index in [0.717, 1.165) is 0 Å². The molecule has 6 nitrogen and oxygen atoms in total. The fraction of sp³-hybridized carbons (Fsp3) is 0.263. The van der Waals surface area contributed by atoms with Crippen molar-refractivity contribution in [2.24, 2.45) is 0 Å². The molecule has 2 N–H and O–H groups in total. The fourth-order valence-corrected chi connectivity index (χ4v) is 2.17. The largest absolute Gasteiger partial charge is 0.484 e. The monoisotopic (exact) mass is 376 g/mol. The van der Waals surface area contributed by atoms with E-state index in [9.17, 15) is 9.59 Å². The van der Waals surface area contributed by atoms with Gasteiger partial charge < -0.3 is 14.8 Å². The minimum Gasteiger partial charge on any atom is -0.484 e. The van der Waals surface area contributed by atoms with Gasteiger partial charge in [0.1, 0.15) is 12.4 Å². The lowest BCUT2D eigenvalue weighted by Gasteiger charge is -2.25. The maximum atomic E-state index is 12.0. The highest BCUT2D eigenvalue weighted by Gasteiger charge is 2.23. The molecule has 0 saturated heterocycles. The summed E-state index contributed by atoms with van der Waals surface area (Å²) in [7, 11) is 0. The number of hydrogen-bond donors (Lipinski definition) is 2. The highest BCUT2D eigenvalue weighted by molar-refractivity contribution is 6.30. The molecule has 0 unspecified atom stereocenters. The third kappa shape index (κ3) is 7.03. The van der Waals surface area contributed by atoms with Gasteiger partial charge in [0.15, 0.2) is 6.61 Å². The van der Waals surface area contributed by atoms with E-state index < -0.39 is 11.6 Å². The Morgan fingerprint density at radius 1 is 1.04 bits per heavy atom. The Bertz CT molecular complexity index is 733. The van der Waals surface area contributed by atoms with Gasteiger partial charge in [-0.15, -0.1) is 0 Å². The van der Waals surface area contributed by atoms with Gasteiger partial charge in [0.05, 0.1) is 5.54 Å². The first-order chi connectivity index (χ1) is 12.3. The number of carbonyl (C=O) groups is 2. The number of benzene rings is 2. The van der Waals surface area contributed by atoms with Crippen LogP contribution >= 0.6 is 11.6 Å². The van der Waals surface area contributed by atoms with Crippen molar-refractivity contribution in [3.8, 4) is 5.75 Å². The Labute approximate surface area is 157 Å². The van der Waals surface area contributed by atoms with Crippen LogP contribution in [-0.4, -0.2) is 30.8 Å². The normalized spacial score (nSPS) is 10.7. The summed E-state index contributed by atoms with van der Waals surface area (Å²) in [5.41, 5.74) is -0.174. The molecule has 0 aromatic heterocycles. The summed E-state index contributed by atoms with van der Waals surface area (Å²) in [6.45, 7) is 3.39. The number of anilines is 1. The van der Waals surface area contributed by atoms with Crippen molar-refractivity contribution < 1.29 is 19.1 Å². The minimum atomic E-state index is -0.742. The number of amides is 2. The van der Waals surface area contributed by atoms with Crippen LogP contribution in [0.1, 0.15) is 13.8 Å². The number of nitrogens with one attached hydrogen (secondary N) is 2. The van der Waals surface area contributed by atoms with Gasteiger partial charge in [0, 0.05) is 10.7 Å². The van der Waals surface area contributed by atoms with Crippen LogP contribution in [-0.2, 0) is 9.53 Å². The van der Waals surface area contributed by atoms with E-state index in [1.807, 2.05) is 18.2 Å². The van der Waals surface area contributed by atoms with E-state index in [-0.39, 0.29) is 19.1 Å². The number of ether oxygens (including phenoxy) is 2. The van der Waals surface area contributed by atoms with Crippen molar-refractivity contribution in [2.45, 2.75) is 19.4 Å². The lowest BCUT2D eigenvalue weighted by atomic mass is 10.1. The molecular weight excluding hydrogens is 356 g/mol. The highest BCUT2D eigenvalue weighted by Crippen LogP contribution is 2.14. The number of hydrogen-bond acceptors (Lipinski definition) is 4. The number of halogens is 1. The second-order valence-electron chi connectivity index (χ2n) is 6.24.